The summed E-state index contributed by atoms with van der Waals surface area (Å²) >= 11 is 1.11. The first-order chi connectivity index (χ1) is 14.4. The predicted octanol–water partition coefficient (Wildman–Crippen LogP) is 3.22. The highest BCUT2D eigenvalue weighted by Gasteiger charge is 2.49. The van der Waals surface area contributed by atoms with Crippen LogP contribution in [0.5, 0.6) is 0 Å². The average molecular weight is 462 g/mol. The molecule has 14 heteroatoms. The van der Waals surface area contributed by atoms with Gasteiger partial charge >= 0.3 is 12.4 Å². The monoisotopic (exact) mass is 462 g/mol. The number of aromatic nitrogens is 4. The Bertz CT molecular complexity index is 1220. The Morgan fingerprint density at radius 1 is 1.16 bits per heavy atom. The van der Waals surface area contributed by atoms with Crippen LogP contribution in [0.2, 0.25) is 0 Å². The summed E-state index contributed by atoms with van der Waals surface area (Å²) in [5.74, 6) is 0. The summed E-state index contributed by atoms with van der Waals surface area (Å²) in [6.45, 7) is 1.03. The van der Waals surface area contributed by atoms with E-state index in [2.05, 4.69) is 15.0 Å². The Kier molecular flexibility index (Phi) is 5.00. The molecule has 164 valence electrons. The van der Waals surface area contributed by atoms with Gasteiger partial charge in [0.15, 0.2) is 4.96 Å². The van der Waals surface area contributed by atoms with Crippen molar-refractivity contribution in [3.8, 4) is 11.3 Å². The molecule has 1 unspecified atom stereocenters. The fourth-order valence-electron chi connectivity index (χ4n) is 3.19. The van der Waals surface area contributed by atoms with Crippen LogP contribution >= 0.6 is 11.3 Å². The molecule has 0 fully saturated rings. The third-order valence-corrected chi connectivity index (χ3v) is 5.41. The molecular formula is C17H12F6N6OS. The number of hydrogen-bond acceptors (Lipinski definition) is 7. The van der Waals surface area contributed by atoms with Gasteiger partial charge in [-0.3, -0.25) is 14.2 Å². The van der Waals surface area contributed by atoms with Crippen LogP contribution in [0.3, 0.4) is 0 Å². The number of nitrogens with one attached hydrogen (secondary N) is 1. The van der Waals surface area contributed by atoms with Crippen LogP contribution in [0.4, 0.5) is 26.3 Å². The van der Waals surface area contributed by atoms with Crippen LogP contribution in [0, 0.1) is 6.92 Å². The minimum Gasteiger partial charge on any atom is -0.297 e. The maximum atomic E-state index is 13.2. The number of allylic oxidation sites excluding steroid dienone is 1. The van der Waals surface area contributed by atoms with Gasteiger partial charge in [0.05, 0.1) is 17.9 Å². The molecule has 7 nitrogen and oxygen atoms in total. The van der Waals surface area contributed by atoms with E-state index in [1.165, 1.54) is 23.1 Å². The zero-order valence-electron chi connectivity index (χ0n) is 15.5. The maximum absolute atomic E-state index is 13.2. The highest BCUT2D eigenvalue weighted by atomic mass is 32.1. The largest absolute Gasteiger partial charge is 0.432 e. The van der Waals surface area contributed by atoms with Gasteiger partial charge in [0.1, 0.15) is 18.1 Å². The normalized spacial score (nSPS) is 17.5. The van der Waals surface area contributed by atoms with Crippen molar-refractivity contribution in [2.75, 3.05) is 0 Å². The summed E-state index contributed by atoms with van der Waals surface area (Å²) < 4.78 is 79.8. The zero-order valence-corrected chi connectivity index (χ0v) is 16.3. The van der Waals surface area contributed by atoms with Gasteiger partial charge in [0.2, 0.25) is 0 Å². The standard InChI is InChI=1S/C17H12F6N6OS/c1-8-14(9-4-24-7-25-5-9)29-13(30)2-10(26-15(29)31-8)6-28-12(17(21,22)23)3-11(27-28)16(18,19)20/h2-5,7,11,27H,6H2,1H3. The number of hydrazine groups is 1. The number of halogens is 6. The SMILES string of the molecule is Cc1sc2nc(CN3NC(C(F)(F)F)C=C3C(F)(F)F)cc(=O)n2c1-c1cncnc1. The highest BCUT2D eigenvalue weighted by molar-refractivity contribution is 7.17. The van der Waals surface area contributed by atoms with E-state index in [4.69, 9.17) is 0 Å². The van der Waals surface area contributed by atoms with Crippen molar-refractivity contribution in [1.29, 1.82) is 0 Å². The van der Waals surface area contributed by atoms with Crippen molar-refractivity contribution in [1.82, 2.24) is 29.8 Å². The Morgan fingerprint density at radius 2 is 1.84 bits per heavy atom. The van der Waals surface area contributed by atoms with Crippen LogP contribution < -0.4 is 11.0 Å². The molecule has 1 N–H and O–H groups in total. The Balaban J connectivity index is 1.72. The van der Waals surface area contributed by atoms with E-state index >= 15 is 0 Å². The van der Waals surface area contributed by atoms with E-state index in [1.54, 1.807) is 12.3 Å². The van der Waals surface area contributed by atoms with Gasteiger partial charge in [-0.25, -0.2) is 20.4 Å². The summed E-state index contributed by atoms with van der Waals surface area (Å²) in [4.78, 5) is 25.6. The average Bonchev–Trinajstić information content (AvgIpc) is 3.23. The number of thiazole rings is 1. The molecule has 0 saturated carbocycles. The summed E-state index contributed by atoms with van der Waals surface area (Å²) in [7, 11) is 0. The number of fused-ring (bicyclic) bond motifs is 1. The third kappa shape index (κ3) is 3.99. The molecule has 31 heavy (non-hydrogen) atoms. The number of rotatable bonds is 3. The van der Waals surface area contributed by atoms with E-state index in [0.29, 0.717) is 21.1 Å². The third-order valence-electron chi connectivity index (χ3n) is 4.45. The summed E-state index contributed by atoms with van der Waals surface area (Å²) in [6, 6.07) is -1.51. The molecule has 0 amide bonds. The lowest BCUT2D eigenvalue weighted by atomic mass is 10.2. The minimum atomic E-state index is -5.02. The van der Waals surface area contributed by atoms with Gasteiger partial charge in [-0.15, -0.1) is 11.3 Å². The Labute approximate surface area is 173 Å². The van der Waals surface area contributed by atoms with E-state index in [0.717, 1.165) is 17.4 Å². The second-order valence-electron chi connectivity index (χ2n) is 6.62. The lowest BCUT2D eigenvalue weighted by molar-refractivity contribution is -0.153. The molecule has 3 aromatic rings. The van der Waals surface area contributed by atoms with E-state index in [1.807, 2.05) is 0 Å². The van der Waals surface area contributed by atoms with Crippen molar-refractivity contribution in [3.63, 3.8) is 0 Å². The molecule has 0 spiro atoms. The topological polar surface area (TPSA) is 75.4 Å². The molecule has 3 aromatic heterocycles. The first-order valence-electron chi connectivity index (χ1n) is 8.62. The molecule has 1 aliphatic rings. The lowest BCUT2D eigenvalue weighted by Crippen LogP contribution is -2.45. The van der Waals surface area contributed by atoms with Crippen LogP contribution in [-0.2, 0) is 6.54 Å². The second kappa shape index (κ2) is 7.30. The van der Waals surface area contributed by atoms with Crippen LogP contribution in [0.15, 0.2) is 41.4 Å². The highest BCUT2D eigenvalue weighted by Crippen LogP contribution is 2.36. The molecule has 0 saturated heterocycles. The quantitative estimate of drug-likeness (QED) is 0.603. The fourth-order valence-corrected chi connectivity index (χ4v) is 4.20. The summed E-state index contributed by atoms with van der Waals surface area (Å²) in [5, 5.41) is 0.308. The zero-order chi connectivity index (χ0) is 22.6. The van der Waals surface area contributed by atoms with Crippen molar-refractivity contribution >= 4 is 16.3 Å². The molecule has 4 rings (SSSR count). The van der Waals surface area contributed by atoms with E-state index < -0.39 is 36.2 Å². The maximum Gasteiger partial charge on any atom is 0.432 e. The van der Waals surface area contributed by atoms with Gasteiger partial charge in [-0.1, -0.05) is 0 Å². The summed E-state index contributed by atoms with van der Waals surface area (Å²) in [6.07, 6.45) is -5.57. The molecule has 0 aliphatic carbocycles. The first-order valence-corrected chi connectivity index (χ1v) is 9.43. The van der Waals surface area contributed by atoms with Crippen LogP contribution in [0.25, 0.3) is 16.2 Å². The molecule has 0 bridgehead atoms. The van der Waals surface area contributed by atoms with Gasteiger partial charge in [0, 0.05) is 28.9 Å². The molecule has 1 atom stereocenters. The van der Waals surface area contributed by atoms with Crippen LogP contribution in [-0.4, -0.2) is 42.8 Å². The fraction of sp³-hybridized carbons (Fsp3) is 0.294. The van der Waals surface area contributed by atoms with E-state index in [-0.39, 0.29) is 16.7 Å². The molecule has 0 aromatic carbocycles. The number of alkyl halides is 6. The van der Waals surface area contributed by atoms with Crippen molar-refractivity contribution in [2.45, 2.75) is 31.9 Å². The molecule has 0 radical (unpaired) electrons. The van der Waals surface area contributed by atoms with E-state index in [9.17, 15) is 31.1 Å². The van der Waals surface area contributed by atoms with Crippen LogP contribution in [0.1, 0.15) is 10.6 Å². The lowest BCUT2D eigenvalue weighted by Gasteiger charge is -2.25. The smallest absolute Gasteiger partial charge is 0.297 e. The van der Waals surface area contributed by atoms with Gasteiger partial charge in [-0.2, -0.15) is 26.3 Å². The number of hydrogen-bond donors (Lipinski definition) is 1. The number of nitrogens with zero attached hydrogens (tertiary/aromatic N) is 5. The van der Waals surface area contributed by atoms with Gasteiger partial charge in [-0.05, 0) is 13.0 Å². The number of aryl methyl sites for hydroxylation is 1. The predicted molar refractivity (Wildman–Crippen MR) is 97.8 cm³/mol. The summed E-state index contributed by atoms with van der Waals surface area (Å²) in [5.41, 5.74) is 0.597. The Hall–Kier alpha value is -3.00. The molecular weight excluding hydrogens is 450 g/mol. The van der Waals surface area contributed by atoms with Crippen molar-refractivity contribution < 1.29 is 26.3 Å². The van der Waals surface area contributed by atoms with Crippen molar-refractivity contribution in [2.24, 2.45) is 0 Å². The van der Waals surface area contributed by atoms with Gasteiger partial charge in [0.25, 0.3) is 5.56 Å². The van der Waals surface area contributed by atoms with Crippen molar-refractivity contribution in [3.05, 3.63) is 57.5 Å². The minimum absolute atomic E-state index is 0.0637. The molecule has 4 heterocycles. The van der Waals surface area contributed by atoms with Gasteiger partial charge < -0.3 is 0 Å². The molecule has 1 aliphatic heterocycles. The first kappa shape index (κ1) is 21.2. The second-order valence-corrected chi connectivity index (χ2v) is 7.80. The Morgan fingerprint density at radius 3 is 2.45 bits per heavy atom.